The fourth-order valence-corrected chi connectivity index (χ4v) is 2.19. The van der Waals surface area contributed by atoms with Crippen LogP contribution >= 0.6 is 0 Å². The van der Waals surface area contributed by atoms with Crippen LogP contribution in [0.4, 0.5) is 5.82 Å². The highest BCUT2D eigenvalue weighted by Gasteiger charge is 2.08. The maximum Gasteiger partial charge on any atom is 0.263 e. The number of aromatic amines is 1. The van der Waals surface area contributed by atoms with Gasteiger partial charge in [-0.25, -0.2) is 0 Å². The lowest BCUT2D eigenvalue weighted by Crippen LogP contribution is -2.20. The number of H-pyrrole nitrogens is 1. The average Bonchev–Trinajstić information content (AvgIpc) is 2.81. The van der Waals surface area contributed by atoms with Gasteiger partial charge in [0.2, 0.25) is 0 Å². The molecule has 0 spiro atoms. The molecular weight excluding hydrogens is 280 g/mol. The van der Waals surface area contributed by atoms with Crippen LogP contribution in [0.5, 0.6) is 5.75 Å². The normalized spacial score (nSPS) is 10.8. The third-order valence-electron chi connectivity index (χ3n) is 2.95. The number of amides is 1. The summed E-state index contributed by atoms with van der Waals surface area (Å²) < 4.78 is 5.51. The fourth-order valence-electron chi connectivity index (χ4n) is 2.19. The molecule has 0 bridgehead atoms. The molecule has 0 atom stereocenters. The van der Waals surface area contributed by atoms with E-state index >= 15 is 0 Å². The Hall–Kier alpha value is -2.34. The van der Waals surface area contributed by atoms with Gasteiger partial charge in [0, 0.05) is 12.6 Å². The van der Waals surface area contributed by atoms with E-state index in [4.69, 9.17) is 4.74 Å². The first-order valence-electron chi connectivity index (χ1n) is 7.12. The third-order valence-corrected chi connectivity index (χ3v) is 2.95. The van der Waals surface area contributed by atoms with Crippen LogP contribution in [0.25, 0.3) is 0 Å². The quantitative estimate of drug-likeness (QED) is 0.857. The second-order valence-corrected chi connectivity index (χ2v) is 5.68. The number of nitrogens with zero attached hydrogens (tertiary/aromatic N) is 2. The van der Waals surface area contributed by atoms with Crippen molar-refractivity contribution in [3.05, 3.63) is 41.1 Å². The second kappa shape index (κ2) is 7.09. The Labute approximate surface area is 130 Å². The summed E-state index contributed by atoms with van der Waals surface area (Å²) in [6.07, 6.45) is 0. The van der Waals surface area contributed by atoms with Crippen LogP contribution in [0.3, 0.4) is 0 Å². The topological polar surface area (TPSA) is 70.2 Å². The van der Waals surface area contributed by atoms with Crippen LogP contribution in [0, 0.1) is 13.8 Å². The molecule has 0 aliphatic carbocycles. The van der Waals surface area contributed by atoms with E-state index in [1.54, 1.807) is 0 Å². The molecule has 0 saturated heterocycles. The van der Waals surface area contributed by atoms with Gasteiger partial charge in [-0.2, -0.15) is 5.10 Å². The summed E-state index contributed by atoms with van der Waals surface area (Å²) in [7, 11) is 3.94. The van der Waals surface area contributed by atoms with Gasteiger partial charge in [0.15, 0.2) is 12.4 Å². The van der Waals surface area contributed by atoms with E-state index in [1.807, 2.05) is 51.0 Å². The molecule has 0 unspecified atom stereocenters. The molecule has 2 N–H and O–H groups in total. The van der Waals surface area contributed by atoms with Crippen LogP contribution in [-0.2, 0) is 11.3 Å². The van der Waals surface area contributed by atoms with Crippen molar-refractivity contribution in [3.8, 4) is 5.75 Å². The fraction of sp³-hybridized carbons (Fsp3) is 0.375. The number of anilines is 1. The molecule has 1 amide bonds. The number of carbonyl (C=O) groups is 1. The SMILES string of the molecule is Cc1cc(C)cc(OCC(=O)Nc2cc(CN(C)C)[nH]n2)c1. The van der Waals surface area contributed by atoms with Crippen LogP contribution in [0.1, 0.15) is 16.8 Å². The number of hydrogen-bond donors (Lipinski definition) is 2. The summed E-state index contributed by atoms with van der Waals surface area (Å²) in [5, 5.41) is 9.65. The van der Waals surface area contributed by atoms with Crippen molar-refractivity contribution >= 4 is 11.7 Å². The number of hydrogen-bond acceptors (Lipinski definition) is 4. The molecule has 1 heterocycles. The Morgan fingerprint density at radius 3 is 2.55 bits per heavy atom. The van der Waals surface area contributed by atoms with Crippen molar-refractivity contribution in [2.75, 3.05) is 26.0 Å². The van der Waals surface area contributed by atoms with E-state index in [2.05, 4.69) is 21.6 Å². The maximum absolute atomic E-state index is 11.9. The number of aryl methyl sites for hydroxylation is 2. The highest BCUT2D eigenvalue weighted by Crippen LogP contribution is 2.16. The lowest BCUT2D eigenvalue weighted by atomic mass is 10.1. The summed E-state index contributed by atoms with van der Waals surface area (Å²) in [5.74, 6) is 0.968. The van der Waals surface area contributed by atoms with Crippen LogP contribution in [0.15, 0.2) is 24.3 Å². The molecule has 6 nitrogen and oxygen atoms in total. The zero-order chi connectivity index (χ0) is 16.1. The monoisotopic (exact) mass is 302 g/mol. The van der Waals surface area contributed by atoms with Crippen LogP contribution < -0.4 is 10.1 Å². The predicted molar refractivity (Wildman–Crippen MR) is 86.0 cm³/mol. The molecular formula is C16H22N4O2. The van der Waals surface area contributed by atoms with E-state index in [1.165, 1.54) is 0 Å². The smallest absolute Gasteiger partial charge is 0.263 e. The van der Waals surface area contributed by atoms with Gasteiger partial charge in [0.25, 0.3) is 5.91 Å². The van der Waals surface area contributed by atoms with Gasteiger partial charge in [-0.1, -0.05) is 6.07 Å². The van der Waals surface area contributed by atoms with E-state index in [0.717, 1.165) is 23.4 Å². The standard InChI is InChI=1S/C16H22N4O2/c1-11-5-12(2)7-14(6-11)22-10-16(21)17-15-8-13(18-19-15)9-20(3)4/h5-8H,9-10H2,1-4H3,(H2,17,18,19,21). The molecule has 0 fully saturated rings. The van der Waals surface area contributed by atoms with Gasteiger partial charge in [-0.05, 0) is 51.2 Å². The lowest BCUT2D eigenvalue weighted by Gasteiger charge is -2.08. The average molecular weight is 302 g/mol. The van der Waals surface area contributed by atoms with Gasteiger partial charge >= 0.3 is 0 Å². The summed E-state index contributed by atoms with van der Waals surface area (Å²) >= 11 is 0. The Kier molecular flexibility index (Phi) is 5.16. The van der Waals surface area contributed by atoms with Crippen molar-refractivity contribution < 1.29 is 9.53 Å². The molecule has 1 aromatic heterocycles. The van der Waals surface area contributed by atoms with Gasteiger partial charge < -0.3 is 15.0 Å². The number of benzene rings is 1. The van der Waals surface area contributed by atoms with Crippen molar-refractivity contribution in [3.63, 3.8) is 0 Å². The molecule has 0 radical (unpaired) electrons. The van der Waals surface area contributed by atoms with Crippen molar-refractivity contribution in [2.45, 2.75) is 20.4 Å². The first-order chi connectivity index (χ1) is 10.4. The molecule has 0 aliphatic heterocycles. The summed E-state index contributed by atoms with van der Waals surface area (Å²) in [6, 6.07) is 7.69. The van der Waals surface area contributed by atoms with Crippen molar-refractivity contribution in [1.82, 2.24) is 15.1 Å². The van der Waals surface area contributed by atoms with E-state index in [0.29, 0.717) is 11.6 Å². The first kappa shape index (κ1) is 16.0. The Morgan fingerprint density at radius 2 is 1.91 bits per heavy atom. The lowest BCUT2D eigenvalue weighted by molar-refractivity contribution is -0.118. The van der Waals surface area contributed by atoms with Crippen LogP contribution in [0.2, 0.25) is 0 Å². The van der Waals surface area contributed by atoms with Gasteiger partial charge in [0.1, 0.15) is 5.75 Å². The highest BCUT2D eigenvalue weighted by atomic mass is 16.5. The minimum absolute atomic E-state index is 0.0429. The first-order valence-corrected chi connectivity index (χ1v) is 7.12. The second-order valence-electron chi connectivity index (χ2n) is 5.68. The molecule has 2 aromatic rings. The molecule has 2 rings (SSSR count). The molecule has 118 valence electrons. The summed E-state index contributed by atoms with van der Waals surface area (Å²) in [6.45, 7) is 4.69. The molecule has 0 saturated carbocycles. The molecule has 1 aromatic carbocycles. The maximum atomic E-state index is 11.9. The number of ether oxygens (including phenoxy) is 1. The summed E-state index contributed by atoms with van der Waals surface area (Å²) in [5.41, 5.74) is 3.16. The Morgan fingerprint density at radius 1 is 1.23 bits per heavy atom. The number of rotatable bonds is 6. The molecule has 22 heavy (non-hydrogen) atoms. The van der Waals surface area contributed by atoms with Crippen molar-refractivity contribution in [2.24, 2.45) is 0 Å². The van der Waals surface area contributed by atoms with E-state index in [9.17, 15) is 4.79 Å². The number of carbonyl (C=O) groups excluding carboxylic acids is 1. The number of aromatic nitrogens is 2. The molecule has 0 aliphatic rings. The van der Waals surface area contributed by atoms with Gasteiger partial charge in [-0.3, -0.25) is 9.89 Å². The zero-order valence-corrected chi connectivity index (χ0v) is 13.4. The highest BCUT2D eigenvalue weighted by molar-refractivity contribution is 5.90. The third kappa shape index (κ3) is 4.89. The Balaban J connectivity index is 1.86. The zero-order valence-electron chi connectivity index (χ0n) is 13.4. The minimum atomic E-state index is -0.234. The van der Waals surface area contributed by atoms with Gasteiger partial charge in [-0.15, -0.1) is 0 Å². The molecule has 6 heteroatoms. The predicted octanol–water partition coefficient (Wildman–Crippen LogP) is 2.11. The van der Waals surface area contributed by atoms with E-state index in [-0.39, 0.29) is 12.5 Å². The Bertz CT molecular complexity index is 629. The van der Waals surface area contributed by atoms with Gasteiger partial charge in [0.05, 0.1) is 5.69 Å². The summed E-state index contributed by atoms with van der Waals surface area (Å²) in [4.78, 5) is 13.9. The number of nitrogens with one attached hydrogen (secondary N) is 2. The van der Waals surface area contributed by atoms with Crippen molar-refractivity contribution in [1.29, 1.82) is 0 Å². The minimum Gasteiger partial charge on any atom is -0.484 e. The van der Waals surface area contributed by atoms with E-state index < -0.39 is 0 Å². The van der Waals surface area contributed by atoms with Crippen LogP contribution in [-0.4, -0.2) is 41.7 Å². The largest absolute Gasteiger partial charge is 0.484 e.